The molecule has 0 aliphatic carbocycles. The molecule has 0 aliphatic rings. The second-order valence-corrected chi connectivity index (χ2v) is 5.55. The lowest BCUT2D eigenvalue weighted by molar-refractivity contribution is 0.914. The van der Waals surface area contributed by atoms with Crippen molar-refractivity contribution in [3.8, 4) is 12.0 Å². The number of rotatable bonds is 3. The Morgan fingerprint density at radius 2 is 1.82 bits per heavy atom. The van der Waals surface area contributed by atoms with Crippen molar-refractivity contribution in [3.63, 3.8) is 0 Å². The van der Waals surface area contributed by atoms with Crippen molar-refractivity contribution in [1.29, 1.82) is 0 Å². The van der Waals surface area contributed by atoms with Crippen molar-refractivity contribution in [3.05, 3.63) is 65.1 Å². The fourth-order valence-electron chi connectivity index (χ4n) is 2.92. The van der Waals surface area contributed by atoms with Crippen molar-refractivity contribution in [2.45, 2.75) is 33.6 Å². The van der Waals surface area contributed by atoms with Gasteiger partial charge in [0.1, 0.15) is 0 Å². The highest BCUT2D eigenvalue weighted by Crippen LogP contribution is 2.26. The summed E-state index contributed by atoms with van der Waals surface area (Å²) in [4.78, 5) is 4.63. The van der Waals surface area contributed by atoms with Crippen LogP contribution >= 0.6 is 0 Å². The number of benzene rings is 1. The third kappa shape index (κ3) is 2.51. The Bertz CT molecular complexity index is 861. The van der Waals surface area contributed by atoms with Crippen LogP contribution in [0.3, 0.4) is 0 Å². The largest absolute Gasteiger partial charge is 0.271 e. The van der Waals surface area contributed by atoms with Crippen LogP contribution in [0.4, 0.5) is 0 Å². The Morgan fingerprint density at radius 1 is 1.05 bits per heavy atom. The Labute approximate surface area is 131 Å². The predicted molar refractivity (Wildman–Crippen MR) is 91.9 cm³/mol. The summed E-state index contributed by atoms with van der Waals surface area (Å²) in [6.45, 7) is 6.16. The summed E-state index contributed by atoms with van der Waals surface area (Å²) < 4.78 is 2.10. The molecule has 2 aromatic heterocycles. The molecule has 0 radical (unpaired) electrons. The number of fused-ring (bicyclic) bond motifs is 1. The van der Waals surface area contributed by atoms with E-state index in [2.05, 4.69) is 71.8 Å². The van der Waals surface area contributed by atoms with Gasteiger partial charge in [-0.05, 0) is 50.8 Å². The van der Waals surface area contributed by atoms with E-state index < -0.39 is 0 Å². The zero-order valence-electron chi connectivity index (χ0n) is 13.4. The molecule has 0 fully saturated rings. The molecule has 3 rings (SSSR count). The van der Waals surface area contributed by atoms with Crippen LogP contribution in [0.5, 0.6) is 0 Å². The molecule has 0 saturated carbocycles. The lowest BCUT2D eigenvalue weighted by atomic mass is 10.1. The van der Waals surface area contributed by atoms with E-state index >= 15 is 0 Å². The molecule has 0 aliphatic heterocycles. The van der Waals surface area contributed by atoms with E-state index in [1.165, 1.54) is 27.7 Å². The third-order valence-corrected chi connectivity index (χ3v) is 4.22. The van der Waals surface area contributed by atoms with E-state index in [1.807, 2.05) is 13.1 Å². The second-order valence-electron chi connectivity index (χ2n) is 5.55. The van der Waals surface area contributed by atoms with Crippen LogP contribution in [0.2, 0.25) is 0 Å². The number of pyridine rings is 1. The first-order valence-electron chi connectivity index (χ1n) is 7.64. The minimum Gasteiger partial charge on any atom is -0.271 e. The summed E-state index contributed by atoms with van der Waals surface area (Å²) in [5.41, 5.74) is 6.14. The third-order valence-electron chi connectivity index (χ3n) is 4.22. The Morgan fingerprint density at radius 3 is 2.55 bits per heavy atom. The van der Waals surface area contributed by atoms with E-state index in [1.54, 1.807) is 0 Å². The molecule has 0 bridgehead atoms. The summed E-state index contributed by atoms with van der Waals surface area (Å²) in [5.74, 6) is 3.02. The van der Waals surface area contributed by atoms with Gasteiger partial charge in [-0.15, -0.1) is 0 Å². The SMILES string of the molecule is CC#Cn1c(C)c(C)c2ccnc(CCc3ccccc3)c21. The maximum Gasteiger partial charge on any atom is 0.0832 e. The molecule has 0 unspecified atom stereocenters. The molecule has 0 atom stereocenters. The van der Waals surface area contributed by atoms with Gasteiger partial charge in [0, 0.05) is 23.3 Å². The van der Waals surface area contributed by atoms with Crippen molar-refractivity contribution in [1.82, 2.24) is 9.55 Å². The summed E-state index contributed by atoms with van der Waals surface area (Å²) in [6, 6.07) is 15.9. The van der Waals surface area contributed by atoms with Gasteiger partial charge in [0.2, 0.25) is 0 Å². The van der Waals surface area contributed by atoms with Gasteiger partial charge in [-0.1, -0.05) is 36.3 Å². The maximum absolute atomic E-state index is 4.63. The zero-order valence-corrected chi connectivity index (χ0v) is 13.4. The highest BCUT2D eigenvalue weighted by atomic mass is 15.0. The Kier molecular flexibility index (Phi) is 3.98. The van der Waals surface area contributed by atoms with Crippen LogP contribution < -0.4 is 0 Å². The van der Waals surface area contributed by atoms with E-state index in [0.717, 1.165) is 18.5 Å². The molecule has 110 valence electrons. The molecule has 0 amide bonds. The summed E-state index contributed by atoms with van der Waals surface area (Å²) in [5, 5.41) is 1.26. The smallest absolute Gasteiger partial charge is 0.0832 e. The lowest BCUT2D eigenvalue weighted by Crippen LogP contribution is -2.00. The number of aryl methyl sites for hydroxylation is 3. The molecular formula is C20H20N2. The minimum atomic E-state index is 0.926. The number of hydrogen-bond acceptors (Lipinski definition) is 1. The van der Waals surface area contributed by atoms with Crippen molar-refractivity contribution in [2.24, 2.45) is 0 Å². The minimum absolute atomic E-state index is 0.926. The number of aromatic nitrogens is 2. The van der Waals surface area contributed by atoms with Gasteiger partial charge in [-0.3, -0.25) is 9.55 Å². The van der Waals surface area contributed by atoms with Gasteiger partial charge in [-0.2, -0.15) is 0 Å². The van der Waals surface area contributed by atoms with Crippen LogP contribution in [0.15, 0.2) is 42.6 Å². The predicted octanol–water partition coefficient (Wildman–Crippen LogP) is 4.27. The van der Waals surface area contributed by atoms with Gasteiger partial charge in [-0.25, -0.2) is 0 Å². The fourth-order valence-corrected chi connectivity index (χ4v) is 2.92. The highest BCUT2D eigenvalue weighted by Gasteiger charge is 2.14. The standard InChI is InChI=1S/C20H20N2/c1-4-14-22-16(3)15(2)18-12-13-21-19(20(18)22)11-10-17-8-6-5-7-9-17/h5-9,12-13H,10-11H2,1-3H3. The normalized spacial score (nSPS) is 10.5. The van der Waals surface area contributed by atoms with Crippen LogP contribution in [-0.2, 0) is 12.8 Å². The summed E-state index contributed by atoms with van der Waals surface area (Å²) in [6.07, 6.45) is 3.84. The van der Waals surface area contributed by atoms with Crippen molar-refractivity contribution < 1.29 is 0 Å². The first kappa shape index (κ1) is 14.4. The van der Waals surface area contributed by atoms with Crippen LogP contribution in [0.25, 0.3) is 10.9 Å². The van der Waals surface area contributed by atoms with Crippen molar-refractivity contribution in [2.75, 3.05) is 0 Å². The molecule has 22 heavy (non-hydrogen) atoms. The van der Waals surface area contributed by atoms with E-state index in [4.69, 9.17) is 0 Å². The fraction of sp³-hybridized carbons (Fsp3) is 0.250. The molecule has 2 heterocycles. The van der Waals surface area contributed by atoms with Crippen LogP contribution in [-0.4, -0.2) is 9.55 Å². The Hall–Kier alpha value is -2.53. The first-order chi connectivity index (χ1) is 10.7. The highest BCUT2D eigenvalue weighted by molar-refractivity contribution is 5.87. The van der Waals surface area contributed by atoms with E-state index in [9.17, 15) is 0 Å². The van der Waals surface area contributed by atoms with E-state index in [-0.39, 0.29) is 0 Å². The van der Waals surface area contributed by atoms with E-state index in [0.29, 0.717) is 0 Å². The van der Waals surface area contributed by atoms with Gasteiger partial charge in [0.25, 0.3) is 0 Å². The average Bonchev–Trinajstić information content (AvgIpc) is 2.80. The molecule has 0 saturated heterocycles. The monoisotopic (exact) mass is 288 g/mol. The van der Waals surface area contributed by atoms with Crippen LogP contribution in [0.1, 0.15) is 29.4 Å². The summed E-state index contributed by atoms with van der Waals surface area (Å²) >= 11 is 0. The topological polar surface area (TPSA) is 17.8 Å². The zero-order chi connectivity index (χ0) is 15.5. The molecule has 2 nitrogen and oxygen atoms in total. The molecule has 2 heteroatoms. The summed E-state index contributed by atoms with van der Waals surface area (Å²) in [7, 11) is 0. The Balaban J connectivity index is 2.05. The number of hydrogen-bond donors (Lipinski definition) is 0. The lowest BCUT2D eigenvalue weighted by Gasteiger charge is -2.06. The molecule has 0 N–H and O–H groups in total. The number of nitrogens with zero attached hydrogens (tertiary/aromatic N) is 2. The van der Waals surface area contributed by atoms with Crippen LogP contribution in [0, 0.1) is 25.8 Å². The maximum atomic E-state index is 4.63. The molecular weight excluding hydrogens is 268 g/mol. The molecule has 1 aromatic carbocycles. The first-order valence-corrected chi connectivity index (χ1v) is 7.64. The second kappa shape index (κ2) is 6.07. The van der Waals surface area contributed by atoms with Gasteiger partial charge in [0.05, 0.1) is 11.2 Å². The average molecular weight is 288 g/mol. The van der Waals surface area contributed by atoms with Gasteiger partial charge < -0.3 is 0 Å². The molecule has 3 aromatic rings. The van der Waals surface area contributed by atoms with Gasteiger partial charge in [0.15, 0.2) is 0 Å². The van der Waals surface area contributed by atoms with Crippen molar-refractivity contribution >= 4 is 10.9 Å². The van der Waals surface area contributed by atoms with Gasteiger partial charge >= 0.3 is 0 Å². The quantitative estimate of drug-likeness (QED) is 0.658. The molecule has 0 spiro atoms.